The molecule has 0 aliphatic carbocycles. The number of imide groups is 1. The molecule has 3 aromatic rings. The number of piperidine rings is 1. The number of nitrogens with one attached hydrogen (secondary N) is 1. The number of anilines is 1. The van der Waals surface area contributed by atoms with E-state index in [4.69, 9.17) is 21.1 Å². The van der Waals surface area contributed by atoms with Crippen molar-refractivity contribution in [3.8, 4) is 5.75 Å². The summed E-state index contributed by atoms with van der Waals surface area (Å²) < 4.78 is 11.1. The second kappa shape index (κ2) is 12.2. The minimum Gasteiger partial charge on any atom is -0.483 e. The van der Waals surface area contributed by atoms with Gasteiger partial charge in [0.05, 0.1) is 28.8 Å². The fourth-order valence-electron chi connectivity index (χ4n) is 5.84. The number of fused-ring (bicyclic) bond motifs is 2. The van der Waals surface area contributed by atoms with E-state index < -0.39 is 34.9 Å². The zero-order valence-corrected chi connectivity index (χ0v) is 25.6. The molecule has 2 saturated heterocycles. The Kier molecular flexibility index (Phi) is 8.34. The highest BCUT2D eigenvalue weighted by Crippen LogP contribution is 2.54. The quantitative estimate of drug-likeness (QED) is 0.296. The fourth-order valence-corrected chi connectivity index (χ4v) is 8.52. The van der Waals surface area contributed by atoms with E-state index in [1.807, 2.05) is 0 Å². The molecule has 3 aliphatic rings. The van der Waals surface area contributed by atoms with Crippen LogP contribution in [-0.2, 0) is 19.1 Å². The number of carbonyl (C=O) groups excluding carboxylic acids is 4. The highest BCUT2D eigenvalue weighted by molar-refractivity contribution is 8.00. The van der Waals surface area contributed by atoms with Crippen LogP contribution in [0.4, 0.5) is 5.69 Å². The summed E-state index contributed by atoms with van der Waals surface area (Å²) in [5.41, 5.74) is 1.14. The van der Waals surface area contributed by atoms with Crippen LogP contribution in [0, 0.1) is 5.92 Å². The van der Waals surface area contributed by atoms with Gasteiger partial charge in [-0.3, -0.25) is 19.2 Å². The molecular formula is C30H28ClN3O7S2. The Morgan fingerprint density at radius 1 is 1.02 bits per heavy atom. The standard InChI is InChI=1S/C30H28ClN3O7S2/c1-2-40-29(38)16-6-9-18(10-7-16)34-27(36)23-22(24-26(32-30(39)43-24)42-25(23)28(34)37)19-14-17(31)8-11-20(19)41-15-21(35)33-12-4-3-5-13-33/h6-11,14,22-23,25H,2-5,12-13,15H2,1H3,(H,32,39)/t22-,23?,25?/m1/s1. The molecule has 13 heteroatoms. The van der Waals surface area contributed by atoms with Gasteiger partial charge >= 0.3 is 10.8 Å². The minimum absolute atomic E-state index is 0.130. The molecule has 10 nitrogen and oxygen atoms in total. The van der Waals surface area contributed by atoms with Gasteiger partial charge in [-0.15, -0.1) is 0 Å². The van der Waals surface area contributed by atoms with Crippen molar-refractivity contribution in [3.63, 3.8) is 0 Å². The molecule has 0 spiro atoms. The maximum Gasteiger partial charge on any atom is 0.338 e. The first kappa shape index (κ1) is 29.5. The SMILES string of the molecule is CCOC(=O)c1ccc(N2C(=O)C3Sc4[nH]c(=O)sc4[C@H](c4cc(Cl)ccc4OCC(=O)N4CCCCC4)C3C2=O)cc1. The third-order valence-corrected chi connectivity index (χ3v) is 10.5. The number of aromatic amines is 1. The second-order valence-corrected chi connectivity index (χ2v) is 13.0. The van der Waals surface area contributed by atoms with Crippen LogP contribution in [-0.4, -0.2) is 65.1 Å². The van der Waals surface area contributed by atoms with Crippen LogP contribution >= 0.6 is 34.7 Å². The number of thioether (sulfide) groups is 1. The molecular weight excluding hydrogens is 614 g/mol. The smallest absolute Gasteiger partial charge is 0.338 e. The van der Waals surface area contributed by atoms with Gasteiger partial charge in [0.2, 0.25) is 11.8 Å². The van der Waals surface area contributed by atoms with Crippen LogP contribution in [0.25, 0.3) is 0 Å². The number of ether oxygens (including phenoxy) is 2. The predicted octanol–water partition coefficient (Wildman–Crippen LogP) is 4.45. The molecule has 1 aromatic heterocycles. The third kappa shape index (κ3) is 5.59. The van der Waals surface area contributed by atoms with E-state index in [1.54, 1.807) is 30.0 Å². The van der Waals surface area contributed by atoms with Crippen molar-refractivity contribution < 1.29 is 28.7 Å². The van der Waals surface area contributed by atoms with Crippen LogP contribution in [0.15, 0.2) is 52.3 Å². The number of hydrogen-bond donors (Lipinski definition) is 1. The number of halogens is 1. The van der Waals surface area contributed by atoms with Crippen molar-refractivity contribution in [1.82, 2.24) is 9.88 Å². The second-order valence-electron chi connectivity index (χ2n) is 10.4. The Bertz CT molecular complexity index is 1650. The van der Waals surface area contributed by atoms with E-state index in [2.05, 4.69) is 4.98 Å². The third-order valence-electron chi connectivity index (χ3n) is 7.83. The summed E-state index contributed by atoms with van der Waals surface area (Å²) in [7, 11) is 0. The summed E-state index contributed by atoms with van der Waals surface area (Å²) >= 11 is 8.57. The van der Waals surface area contributed by atoms with Crippen molar-refractivity contribution >= 4 is 64.1 Å². The van der Waals surface area contributed by atoms with Gasteiger partial charge in [-0.05, 0) is 68.7 Å². The van der Waals surface area contributed by atoms with E-state index in [-0.39, 0.29) is 24.0 Å². The molecule has 3 amide bonds. The number of hydrogen-bond acceptors (Lipinski definition) is 9. The van der Waals surface area contributed by atoms with Gasteiger partial charge in [-0.1, -0.05) is 34.7 Å². The Morgan fingerprint density at radius 3 is 2.49 bits per heavy atom. The Morgan fingerprint density at radius 2 is 1.77 bits per heavy atom. The highest BCUT2D eigenvalue weighted by atomic mass is 35.5. The maximum absolute atomic E-state index is 14.1. The van der Waals surface area contributed by atoms with Gasteiger partial charge in [0.1, 0.15) is 11.0 Å². The lowest BCUT2D eigenvalue weighted by Gasteiger charge is -2.31. The Labute approximate surface area is 260 Å². The van der Waals surface area contributed by atoms with Crippen LogP contribution in [0.1, 0.15) is 52.9 Å². The van der Waals surface area contributed by atoms with Gasteiger partial charge < -0.3 is 19.4 Å². The van der Waals surface area contributed by atoms with Gasteiger partial charge in [0, 0.05) is 34.5 Å². The van der Waals surface area contributed by atoms with E-state index in [0.717, 1.165) is 47.3 Å². The lowest BCUT2D eigenvalue weighted by molar-refractivity contribution is -0.134. The van der Waals surface area contributed by atoms with E-state index in [0.29, 0.717) is 50.6 Å². The first-order chi connectivity index (χ1) is 20.8. The highest BCUT2D eigenvalue weighted by Gasteiger charge is 2.57. The largest absolute Gasteiger partial charge is 0.483 e. The molecule has 224 valence electrons. The predicted molar refractivity (Wildman–Crippen MR) is 162 cm³/mol. The van der Waals surface area contributed by atoms with E-state index in [9.17, 15) is 24.0 Å². The van der Waals surface area contributed by atoms with Crippen molar-refractivity contribution in [2.45, 2.75) is 42.4 Å². The zero-order chi connectivity index (χ0) is 30.2. The monoisotopic (exact) mass is 641 g/mol. The molecule has 0 saturated carbocycles. The number of benzene rings is 2. The molecule has 43 heavy (non-hydrogen) atoms. The molecule has 4 heterocycles. The molecule has 2 unspecified atom stereocenters. The van der Waals surface area contributed by atoms with Crippen LogP contribution in [0.2, 0.25) is 5.02 Å². The van der Waals surface area contributed by atoms with Gasteiger partial charge in [0.15, 0.2) is 6.61 Å². The summed E-state index contributed by atoms with van der Waals surface area (Å²) in [6, 6.07) is 11.1. The normalized spacial score (nSPS) is 21.4. The van der Waals surface area contributed by atoms with E-state index >= 15 is 0 Å². The summed E-state index contributed by atoms with van der Waals surface area (Å²) in [6.07, 6.45) is 3.00. The van der Waals surface area contributed by atoms with Gasteiger partial charge in [0.25, 0.3) is 5.91 Å². The van der Waals surface area contributed by atoms with E-state index in [1.165, 1.54) is 24.3 Å². The first-order valence-electron chi connectivity index (χ1n) is 14.0. The first-order valence-corrected chi connectivity index (χ1v) is 16.1. The number of esters is 1. The zero-order valence-electron chi connectivity index (χ0n) is 23.2. The fraction of sp³-hybridized carbons (Fsp3) is 0.367. The van der Waals surface area contributed by atoms with Crippen molar-refractivity contribution in [3.05, 3.63) is 73.2 Å². The molecule has 0 radical (unpaired) electrons. The van der Waals surface area contributed by atoms with Crippen molar-refractivity contribution in [1.29, 1.82) is 0 Å². The molecule has 1 N–H and O–H groups in total. The summed E-state index contributed by atoms with van der Waals surface area (Å²) in [5, 5.41) is 0.0612. The number of thiazole rings is 1. The van der Waals surface area contributed by atoms with Gasteiger partial charge in [-0.25, -0.2) is 9.69 Å². The average Bonchev–Trinajstić information content (AvgIpc) is 3.50. The summed E-state index contributed by atoms with van der Waals surface area (Å²) in [4.78, 5) is 71.5. The molecule has 6 rings (SSSR count). The average molecular weight is 642 g/mol. The number of aromatic nitrogens is 1. The number of nitrogens with zero attached hydrogens (tertiary/aromatic N) is 2. The number of amides is 3. The number of rotatable bonds is 7. The van der Waals surface area contributed by atoms with Crippen LogP contribution < -0.4 is 14.5 Å². The lowest BCUT2D eigenvalue weighted by Crippen LogP contribution is -2.38. The molecule has 2 fully saturated rings. The number of H-pyrrole nitrogens is 1. The van der Waals surface area contributed by atoms with Gasteiger partial charge in [-0.2, -0.15) is 0 Å². The lowest BCUT2D eigenvalue weighted by atomic mass is 9.82. The number of carbonyl (C=O) groups is 4. The van der Waals surface area contributed by atoms with Crippen molar-refractivity contribution in [2.75, 3.05) is 31.2 Å². The molecule has 0 bridgehead atoms. The van der Waals surface area contributed by atoms with Crippen LogP contribution in [0.3, 0.4) is 0 Å². The molecule has 2 aromatic carbocycles. The summed E-state index contributed by atoms with van der Waals surface area (Å²) in [6.45, 7) is 3.12. The topological polar surface area (TPSA) is 126 Å². The Hall–Kier alpha value is -3.61. The minimum atomic E-state index is -0.875. The Balaban J connectivity index is 1.35. The maximum atomic E-state index is 14.1. The summed E-state index contributed by atoms with van der Waals surface area (Å²) in [5.74, 6) is -2.76. The van der Waals surface area contributed by atoms with Crippen LogP contribution in [0.5, 0.6) is 5.75 Å². The van der Waals surface area contributed by atoms with Crippen molar-refractivity contribution in [2.24, 2.45) is 5.92 Å². The molecule has 3 aliphatic heterocycles. The molecule has 3 atom stereocenters. The number of likely N-dealkylation sites (tertiary alicyclic amines) is 1.